The normalized spacial score (nSPS) is 19.8. The van der Waals surface area contributed by atoms with E-state index in [0.29, 0.717) is 11.3 Å². The van der Waals surface area contributed by atoms with Crippen LogP contribution in [-0.4, -0.2) is 37.5 Å². The fourth-order valence-electron chi connectivity index (χ4n) is 2.49. The number of hydrogen-bond acceptors (Lipinski definition) is 4. The molecule has 6 nitrogen and oxygen atoms in total. The van der Waals surface area contributed by atoms with Crippen LogP contribution in [0.25, 0.3) is 0 Å². The Bertz CT molecular complexity index is 686. The van der Waals surface area contributed by atoms with Crippen LogP contribution in [0, 0.1) is 0 Å². The molecular weight excluding hydrogens is 280 g/mol. The zero-order chi connectivity index (χ0) is 14.3. The Morgan fingerprint density at radius 3 is 2.50 bits per heavy atom. The Kier molecular flexibility index (Phi) is 3.10. The molecule has 1 N–H and O–H groups in total. The number of amides is 1. The number of Topliss-reactive ketones (excluding diaryl/α,β-unsaturated/α-hetero) is 1. The van der Waals surface area contributed by atoms with E-state index in [4.69, 9.17) is 0 Å². The minimum absolute atomic E-state index is 0.0974. The number of fused-ring (bicyclic) bond motifs is 1. The van der Waals surface area contributed by atoms with Crippen LogP contribution in [0.15, 0.2) is 23.1 Å². The first kappa shape index (κ1) is 13.3. The Morgan fingerprint density at radius 2 is 1.80 bits per heavy atom. The summed E-state index contributed by atoms with van der Waals surface area (Å²) in [4.78, 5) is 22.7. The number of hydrogen-bond donors (Lipinski definition) is 1. The SMILES string of the molecule is O=C1CCN(S(=O)(=O)c2ccc3c(c2)CC(=O)N3)CC1. The highest BCUT2D eigenvalue weighted by Crippen LogP contribution is 2.28. The molecule has 1 aromatic carbocycles. The van der Waals surface area contributed by atoms with Crippen molar-refractivity contribution in [3.8, 4) is 0 Å². The van der Waals surface area contributed by atoms with Gasteiger partial charge in [-0.05, 0) is 23.8 Å². The van der Waals surface area contributed by atoms with Crippen molar-refractivity contribution in [1.82, 2.24) is 4.31 Å². The molecule has 0 bridgehead atoms. The van der Waals surface area contributed by atoms with Crippen LogP contribution in [0.4, 0.5) is 5.69 Å². The van der Waals surface area contributed by atoms with Crippen LogP contribution in [0.2, 0.25) is 0 Å². The number of carbonyl (C=O) groups excluding carboxylic acids is 2. The third-order valence-electron chi connectivity index (χ3n) is 3.62. The first-order valence-electron chi connectivity index (χ1n) is 6.41. The molecule has 1 saturated heterocycles. The lowest BCUT2D eigenvalue weighted by Gasteiger charge is -2.25. The van der Waals surface area contributed by atoms with Crippen molar-refractivity contribution in [3.05, 3.63) is 23.8 Å². The van der Waals surface area contributed by atoms with Gasteiger partial charge in [0.05, 0.1) is 11.3 Å². The molecule has 1 aromatic rings. The first-order chi connectivity index (χ1) is 9.46. The molecule has 0 aliphatic carbocycles. The predicted octanol–water partition coefficient (Wildman–Crippen LogP) is 0.535. The van der Waals surface area contributed by atoms with Gasteiger partial charge in [0.25, 0.3) is 0 Å². The van der Waals surface area contributed by atoms with Gasteiger partial charge in [-0.3, -0.25) is 9.59 Å². The summed E-state index contributed by atoms with van der Waals surface area (Å²) in [7, 11) is -3.58. The van der Waals surface area contributed by atoms with Gasteiger partial charge in [0.15, 0.2) is 0 Å². The number of carbonyl (C=O) groups is 2. The maximum Gasteiger partial charge on any atom is 0.243 e. The number of rotatable bonds is 2. The van der Waals surface area contributed by atoms with Crippen molar-refractivity contribution < 1.29 is 18.0 Å². The molecule has 0 atom stereocenters. The monoisotopic (exact) mass is 294 g/mol. The quantitative estimate of drug-likeness (QED) is 0.862. The Hall–Kier alpha value is -1.73. The number of sulfonamides is 1. The van der Waals surface area contributed by atoms with Crippen LogP contribution >= 0.6 is 0 Å². The molecule has 0 aromatic heterocycles. The molecule has 3 rings (SSSR count). The molecule has 0 spiro atoms. The van der Waals surface area contributed by atoms with E-state index in [9.17, 15) is 18.0 Å². The van der Waals surface area contributed by atoms with E-state index in [2.05, 4.69) is 5.32 Å². The summed E-state index contributed by atoms with van der Waals surface area (Å²) in [5.74, 6) is -0.0293. The summed E-state index contributed by atoms with van der Waals surface area (Å²) in [6.07, 6.45) is 0.742. The van der Waals surface area contributed by atoms with E-state index in [1.165, 1.54) is 10.4 Å². The van der Waals surface area contributed by atoms with Gasteiger partial charge in [0, 0.05) is 31.6 Å². The summed E-state index contributed by atoms with van der Waals surface area (Å²) >= 11 is 0. The van der Waals surface area contributed by atoms with Gasteiger partial charge in [0.2, 0.25) is 15.9 Å². The average Bonchev–Trinajstić information content (AvgIpc) is 2.78. The molecule has 106 valence electrons. The summed E-state index contributed by atoms with van der Waals surface area (Å²) in [5.41, 5.74) is 1.37. The van der Waals surface area contributed by atoms with Gasteiger partial charge in [-0.25, -0.2) is 8.42 Å². The largest absolute Gasteiger partial charge is 0.326 e. The smallest absolute Gasteiger partial charge is 0.243 e. The molecule has 0 radical (unpaired) electrons. The van der Waals surface area contributed by atoms with E-state index >= 15 is 0 Å². The minimum Gasteiger partial charge on any atom is -0.326 e. The number of piperidine rings is 1. The highest BCUT2D eigenvalue weighted by molar-refractivity contribution is 7.89. The topological polar surface area (TPSA) is 83.6 Å². The number of nitrogens with zero attached hydrogens (tertiary/aromatic N) is 1. The van der Waals surface area contributed by atoms with Crippen LogP contribution in [0.3, 0.4) is 0 Å². The fraction of sp³-hybridized carbons (Fsp3) is 0.385. The van der Waals surface area contributed by atoms with Crippen molar-refractivity contribution in [2.24, 2.45) is 0 Å². The number of anilines is 1. The molecule has 2 aliphatic heterocycles. The standard InChI is InChI=1S/C13H14N2O4S/c16-10-3-5-15(6-4-10)20(18,19)11-1-2-12-9(7-11)8-13(17)14-12/h1-2,7H,3-6,8H2,(H,14,17). The third kappa shape index (κ3) is 2.23. The molecule has 1 fully saturated rings. The van der Waals surface area contributed by atoms with Crippen LogP contribution in [0.1, 0.15) is 18.4 Å². The fourth-order valence-corrected chi connectivity index (χ4v) is 3.98. The highest BCUT2D eigenvalue weighted by atomic mass is 32.2. The van der Waals surface area contributed by atoms with Gasteiger partial charge >= 0.3 is 0 Å². The summed E-state index contributed by atoms with van der Waals surface area (Å²) in [6, 6.07) is 4.65. The van der Waals surface area contributed by atoms with Gasteiger partial charge in [-0.1, -0.05) is 0 Å². The molecule has 2 aliphatic rings. The molecule has 0 unspecified atom stereocenters. The maximum absolute atomic E-state index is 12.5. The van der Waals surface area contributed by atoms with Crippen molar-refractivity contribution in [1.29, 1.82) is 0 Å². The second-order valence-electron chi connectivity index (χ2n) is 4.99. The molecule has 1 amide bonds. The van der Waals surface area contributed by atoms with E-state index in [1.54, 1.807) is 12.1 Å². The van der Waals surface area contributed by atoms with Crippen LogP contribution < -0.4 is 5.32 Å². The second kappa shape index (κ2) is 4.68. The number of ketones is 1. The predicted molar refractivity (Wildman–Crippen MR) is 71.8 cm³/mol. The third-order valence-corrected chi connectivity index (χ3v) is 5.51. The lowest BCUT2D eigenvalue weighted by atomic mass is 10.1. The van der Waals surface area contributed by atoms with Crippen molar-refractivity contribution in [3.63, 3.8) is 0 Å². The lowest BCUT2D eigenvalue weighted by Crippen LogP contribution is -2.38. The van der Waals surface area contributed by atoms with Gasteiger partial charge < -0.3 is 5.32 Å². The Labute approximate surface area is 116 Å². The average molecular weight is 294 g/mol. The second-order valence-corrected chi connectivity index (χ2v) is 6.92. The maximum atomic E-state index is 12.5. The van der Waals surface area contributed by atoms with Crippen molar-refractivity contribution >= 4 is 27.4 Å². The molecule has 2 heterocycles. The van der Waals surface area contributed by atoms with Crippen LogP contribution in [0.5, 0.6) is 0 Å². The van der Waals surface area contributed by atoms with Gasteiger partial charge in [0.1, 0.15) is 5.78 Å². The zero-order valence-electron chi connectivity index (χ0n) is 10.8. The minimum atomic E-state index is -3.58. The first-order valence-corrected chi connectivity index (χ1v) is 7.85. The summed E-state index contributed by atoms with van der Waals surface area (Å²) in [6.45, 7) is 0.463. The zero-order valence-corrected chi connectivity index (χ0v) is 11.6. The van der Waals surface area contributed by atoms with Crippen molar-refractivity contribution in [2.75, 3.05) is 18.4 Å². The summed E-state index contributed by atoms with van der Waals surface area (Å²) < 4.78 is 26.3. The molecular formula is C13H14N2O4S. The Morgan fingerprint density at radius 1 is 1.10 bits per heavy atom. The number of nitrogens with one attached hydrogen (secondary N) is 1. The number of benzene rings is 1. The molecule has 20 heavy (non-hydrogen) atoms. The van der Waals surface area contributed by atoms with E-state index < -0.39 is 10.0 Å². The van der Waals surface area contributed by atoms with Crippen LogP contribution in [-0.2, 0) is 26.0 Å². The summed E-state index contributed by atoms with van der Waals surface area (Å²) in [5, 5.41) is 2.67. The van der Waals surface area contributed by atoms with Gasteiger partial charge in [-0.15, -0.1) is 0 Å². The van der Waals surface area contributed by atoms with E-state index in [-0.39, 0.29) is 48.9 Å². The highest BCUT2D eigenvalue weighted by Gasteiger charge is 2.29. The Balaban J connectivity index is 1.90. The van der Waals surface area contributed by atoms with E-state index in [0.717, 1.165) is 0 Å². The molecule has 0 saturated carbocycles. The van der Waals surface area contributed by atoms with E-state index in [1.807, 2.05) is 0 Å². The lowest BCUT2D eigenvalue weighted by molar-refractivity contribution is -0.120. The van der Waals surface area contributed by atoms with Gasteiger partial charge in [-0.2, -0.15) is 4.31 Å². The molecule has 7 heteroatoms. The van der Waals surface area contributed by atoms with Crippen molar-refractivity contribution in [2.45, 2.75) is 24.2 Å².